The molecule has 1 aliphatic carbocycles. The van der Waals surface area contributed by atoms with Crippen molar-refractivity contribution < 1.29 is 14.5 Å². The number of rotatable bonds is 2. The number of ether oxygens (including phenoxy) is 1. The van der Waals surface area contributed by atoms with E-state index < -0.39 is 4.92 Å². The van der Waals surface area contributed by atoms with E-state index in [2.05, 4.69) is 4.98 Å². The number of hydrogen-bond acceptors (Lipinski definition) is 4. The Bertz CT molecular complexity index is 798. The summed E-state index contributed by atoms with van der Waals surface area (Å²) in [5.41, 5.74) is 1.20. The Labute approximate surface area is 138 Å². The average molecular weight is 329 g/mol. The molecule has 0 spiro atoms. The van der Waals surface area contributed by atoms with Gasteiger partial charge in [0.15, 0.2) is 0 Å². The highest BCUT2D eigenvalue weighted by molar-refractivity contribution is 6.07. The summed E-state index contributed by atoms with van der Waals surface area (Å²) in [4.78, 5) is 28.4. The highest BCUT2D eigenvalue weighted by Gasteiger charge is 2.37. The fourth-order valence-corrected chi connectivity index (χ4v) is 3.91. The maximum absolute atomic E-state index is 13.1. The normalized spacial score (nSPS) is 23.9. The number of nitrogens with one attached hydrogen (secondary N) is 1. The Morgan fingerprint density at radius 3 is 3.00 bits per heavy atom. The molecule has 1 N–H and O–H groups in total. The Hall–Kier alpha value is -2.41. The second kappa shape index (κ2) is 5.90. The van der Waals surface area contributed by atoms with E-state index in [1.165, 1.54) is 12.1 Å². The quantitative estimate of drug-likeness (QED) is 0.678. The van der Waals surface area contributed by atoms with Crippen LogP contribution < -0.4 is 0 Å². The molecule has 2 aliphatic rings. The van der Waals surface area contributed by atoms with Gasteiger partial charge in [-0.3, -0.25) is 14.9 Å². The number of aromatic amines is 1. The van der Waals surface area contributed by atoms with Crippen molar-refractivity contribution in [3.8, 4) is 0 Å². The third-order valence-electron chi connectivity index (χ3n) is 5.10. The highest BCUT2D eigenvalue weighted by Crippen LogP contribution is 2.31. The zero-order chi connectivity index (χ0) is 16.7. The molecule has 1 saturated carbocycles. The minimum atomic E-state index is -0.434. The fraction of sp³-hybridized carbons (Fsp3) is 0.471. The minimum Gasteiger partial charge on any atom is -0.374 e. The van der Waals surface area contributed by atoms with Gasteiger partial charge in [0.2, 0.25) is 0 Å². The standard InChI is InChI=1S/C17H19N3O4/c21-17(19-7-8-24-16-4-2-1-3-15(16)19)13-10-18-14-9-11(20(22)23)5-6-12(13)14/h5-6,9-10,15-16,18H,1-4,7-8H2/t15-,16-/m1/s1. The molecule has 2 aromatic rings. The van der Waals surface area contributed by atoms with Crippen LogP contribution in [-0.4, -0.2) is 46.0 Å². The molecule has 0 bridgehead atoms. The molecule has 2 fully saturated rings. The van der Waals surface area contributed by atoms with Crippen LogP contribution in [0.1, 0.15) is 36.0 Å². The van der Waals surface area contributed by atoms with Crippen LogP contribution in [0.4, 0.5) is 5.69 Å². The number of hydrogen-bond donors (Lipinski definition) is 1. The predicted octanol–water partition coefficient (Wildman–Crippen LogP) is 2.86. The third-order valence-corrected chi connectivity index (χ3v) is 5.10. The molecule has 2 heterocycles. The van der Waals surface area contributed by atoms with Gasteiger partial charge in [0.1, 0.15) is 0 Å². The van der Waals surface area contributed by atoms with E-state index in [1.807, 2.05) is 4.90 Å². The number of H-pyrrole nitrogens is 1. The van der Waals surface area contributed by atoms with E-state index in [1.54, 1.807) is 12.3 Å². The molecule has 4 rings (SSSR count). The van der Waals surface area contributed by atoms with Gasteiger partial charge in [0.05, 0.1) is 34.8 Å². The first kappa shape index (κ1) is 15.1. The summed E-state index contributed by atoms with van der Waals surface area (Å²) in [7, 11) is 0. The van der Waals surface area contributed by atoms with Crippen LogP contribution in [0.3, 0.4) is 0 Å². The van der Waals surface area contributed by atoms with E-state index in [9.17, 15) is 14.9 Å². The lowest BCUT2D eigenvalue weighted by Crippen LogP contribution is -2.54. The van der Waals surface area contributed by atoms with Crippen molar-refractivity contribution in [3.63, 3.8) is 0 Å². The SMILES string of the molecule is O=C(c1c[nH]c2cc([N+](=O)[O-])ccc12)N1CCO[C@@H]2CCCC[C@H]21. The number of fused-ring (bicyclic) bond motifs is 2. The second-order valence-electron chi connectivity index (χ2n) is 6.45. The summed E-state index contributed by atoms with van der Waals surface area (Å²) in [5, 5.41) is 11.6. The summed E-state index contributed by atoms with van der Waals surface area (Å²) >= 11 is 0. The zero-order valence-electron chi connectivity index (χ0n) is 13.2. The van der Waals surface area contributed by atoms with Gasteiger partial charge in [-0.25, -0.2) is 0 Å². The molecule has 1 aromatic heterocycles. The Balaban J connectivity index is 1.66. The number of non-ortho nitro benzene ring substituents is 1. The number of nitro benzene ring substituents is 1. The van der Waals surface area contributed by atoms with Crippen molar-refractivity contribution >= 4 is 22.5 Å². The predicted molar refractivity (Wildman–Crippen MR) is 88.0 cm³/mol. The van der Waals surface area contributed by atoms with E-state index in [4.69, 9.17) is 4.74 Å². The van der Waals surface area contributed by atoms with Crippen LogP contribution in [0.2, 0.25) is 0 Å². The zero-order valence-corrected chi connectivity index (χ0v) is 13.2. The Morgan fingerprint density at radius 1 is 1.33 bits per heavy atom. The number of amides is 1. The van der Waals surface area contributed by atoms with Gasteiger partial charge in [-0.1, -0.05) is 12.8 Å². The summed E-state index contributed by atoms with van der Waals surface area (Å²) in [6.45, 7) is 1.17. The molecule has 0 unspecified atom stereocenters. The molecule has 0 radical (unpaired) electrons. The van der Waals surface area contributed by atoms with Gasteiger partial charge < -0.3 is 14.6 Å². The summed E-state index contributed by atoms with van der Waals surface area (Å²) in [6.07, 6.45) is 6.06. The lowest BCUT2D eigenvalue weighted by atomic mass is 9.89. The van der Waals surface area contributed by atoms with Crippen molar-refractivity contribution in [1.29, 1.82) is 0 Å². The van der Waals surface area contributed by atoms with Gasteiger partial charge in [-0.05, 0) is 18.9 Å². The number of morpholine rings is 1. The van der Waals surface area contributed by atoms with Crippen LogP contribution in [0, 0.1) is 10.1 Å². The van der Waals surface area contributed by atoms with Crippen LogP contribution in [0.25, 0.3) is 10.9 Å². The van der Waals surface area contributed by atoms with Gasteiger partial charge >= 0.3 is 0 Å². The average Bonchev–Trinajstić information content (AvgIpc) is 3.03. The summed E-state index contributed by atoms with van der Waals surface area (Å²) in [6, 6.07) is 4.70. The molecular weight excluding hydrogens is 310 g/mol. The third kappa shape index (κ3) is 2.45. The van der Waals surface area contributed by atoms with Gasteiger partial charge in [-0.15, -0.1) is 0 Å². The molecule has 126 valence electrons. The maximum atomic E-state index is 13.1. The van der Waals surface area contributed by atoms with Crippen LogP contribution in [0.15, 0.2) is 24.4 Å². The maximum Gasteiger partial charge on any atom is 0.271 e. The van der Waals surface area contributed by atoms with Crippen molar-refractivity contribution in [2.75, 3.05) is 13.2 Å². The molecular formula is C17H19N3O4. The lowest BCUT2D eigenvalue weighted by Gasteiger charge is -2.43. The van der Waals surface area contributed by atoms with Crippen molar-refractivity contribution in [2.24, 2.45) is 0 Å². The molecule has 1 aromatic carbocycles. The molecule has 7 heteroatoms. The fourth-order valence-electron chi connectivity index (χ4n) is 3.91. The number of carbonyl (C=O) groups excluding carboxylic acids is 1. The Kier molecular flexibility index (Phi) is 3.72. The number of carbonyl (C=O) groups is 1. The van der Waals surface area contributed by atoms with Gasteiger partial charge in [0.25, 0.3) is 11.6 Å². The first-order chi connectivity index (χ1) is 11.6. The van der Waals surface area contributed by atoms with Crippen molar-refractivity contribution in [3.05, 3.63) is 40.1 Å². The number of benzene rings is 1. The van der Waals surface area contributed by atoms with E-state index in [0.717, 1.165) is 31.1 Å². The monoisotopic (exact) mass is 329 g/mol. The summed E-state index contributed by atoms with van der Waals surface area (Å²) < 4.78 is 5.83. The number of nitrogens with zero attached hydrogens (tertiary/aromatic N) is 2. The Morgan fingerprint density at radius 2 is 2.17 bits per heavy atom. The van der Waals surface area contributed by atoms with Crippen LogP contribution in [0.5, 0.6) is 0 Å². The molecule has 1 saturated heterocycles. The first-order valence-corrected chi connectivity index (χ1v) is 8.33. The second-order valence-corrected chi connectivity index (χ2v) is 6.45. The van der Waals surface area contributed by atoms with Gasteiger partial charge in [0, 0.05) is 30.3 Å². The molecule has 1 amide bonds. The summed E-state index contributed by atoms with van der Waals surface area (Å²) in [5.74, 6) is -0.0182. The smallest absolute Gasteiger partial charge is 0.271 e. The molecule has 2 atom stereocenters. The topological polar surface area (TPSA) is 88.5 Å². The molecule has 7 nitrogen and oxygen atoms in total. The lowest BCUT2D eigenvalue weighted by molar-refractivity contribution is -0.384. The molecule has 24 heavy (non-hydrogen) atoms. The van der Waals surface area contributed by atoms with Crippen LogP contribution >= 0.6 is 0 Å². The molecule has 1 aliphatic heterocycles. The van der Waals surface area contributed by atoms with Crippen molar-refractivity contribution in [1.82, 2.24) is 9.88 Å². The minimum absolute atomic E-state index is 0.0158. The van der Waals surface area contributed by atoms with Gasteiger partial charge in [-0.2, -0.15) is 0 Å². The largest absolute Gasteiger partial charge is 0.374 e. The van der Waals surface area contributed by atoms with E-state index >= 15 is 0 Å². The van der Waals surface area contributed by atoms with E-state index in [0.29, 0.717) is 24.2 Å². The first-order valence-electron chi connectivity index (χ1n) is 8.33. The van der Waals surface area contributed by atoms with Crippen molar-refractivity contribution in [2.45, 2.75) is 37.8 Å². The number of nitro groups is 1. The number of aromatic nitrogens is 1. The van der Waals surface area contributed by atoms with Crippen LogP contribution in [-0.2, 0) is 4.74 Å². The highest BCUT2D eigenvalue weighted by atomic mass is 16.6. The van der Waals surface area contributed by atoms with E-state index in [-0.39, 0.29) is 23.7 Å².